The molecule has 3 amide bonds. The highest BCUT2D eigenvalue weighted by Crippen LogP contribution is 2.49. The first-order chi connectivity index (χ1) is 51.6. The number of halogens is 9. The minimum absolute atomic E-state index is 0.00425. The highest BCUT2D eigenvalue weighted by atomic mass is 32.1. The number of methoxy groups -OCH3 is 6. The number of furan rings is 1. The lowest BCUT2D eigenvalue weighted by Crippen LogP contribution is -2.45. The SMILES string of the molecule is C=CC(=O)NC1CCOCC1Cc1cc2c(cn1)CC(C(C)(O)c1c(F)c(OC)cc(OC)c1F)=C2.C=CC(=O)NC1CCOCC1Cc1cc2cc(C(C)(F)c3c(F)c(OC)cc(OC)c3F)sc2cn1.C=CC(=O)NC1CCOCC1Cc1cc2cc(C(F)(F)c3c(F)c(OC)cc(OC)c3F)oc2cn1. The first-order valence-corrected chi connectivity index (χ1v) is 35.0. The lowest BCUT2D eigenvalue weighted by molar-refractivity contribution is -0.119. The Bertz CT molecular complexity index is 4440. The topological polar surface area (TPSA) is 242 Å². The van der Waals surface area contributed by atoms with Crippen LogP contribution in [0.1, 0.15) is 88.6 Å². The Morgan fingerprint density at radius 2 is 0.926 bits per heavy atom. The van der Waals surface area contributed by atoms with Gasteiger partial charge in [0.15, 0.2) is 86.4 Å². The molecule has 576 valence electrons. The van der Waals surface area contributed by atoms with E-state index in [-0.39, 0.29) is 98.9 Å². The molecule has 3 fully saturated rings. The monoisotopic (exact) mass is 1530 g/mol. The van der Waals surface area contributed by atoms with Crippen LogP contribution in [0.5, 0.6) is 34.5 Å². The van der Waals surface area contributed by atoms with Gasteiger partial charge in [-0.1, -0.05) is 25.8 Å². The Kier molecular flexibility index (Phi) is 25.7. The molecule has 12 rings (SSSR count). The molecule has 4 N–H and O–H groups in total. The molecule has 3 aliphatic heterocycles. The van der Waals surface area contributed by atoms with Crippen molar-refractivity contribution < 1.29 is 106 Å². The van der Waals surface area contributed by atoms with Gasteiger partial charge in [0.1, 0.15) is 11.2 Å². The number of amides is 3. The van der Waals surface area contributed by atoms with E-state index in [0.29, 0.717) is 99.5 Å². The number of benzene rings is 3. The average Bonchev–Trinajstić information content (AvgIpc) is 1.45. The Balaban J connectivity index is 0.000000173. The van der Waals surface area contributed by atoms with Crippen molar-refractivity contribution in [2.75, 3.05) is 82.3 Å². The van der Waals surface area contributed by atoms with Gasteiger partial charge in [-0.3, -0.25) is 29.3 Å². The van der Waals surface area contributed by atoms with Gasteiger partial charge >= 0.3 is 5.92 Å². The first-order valence-electron chi connectivity index (χ1n) is 34.2. The van der Waals surface area contributed by atoms with E-state index in [2.05, 4.69) is 50.6 Å². The molecule has 0 bridgehead atoms. The van der Waals surface area contributed by atoms with Crippen molar-refractivity contribution in [3.8, 4) is 34.5 Å². The van der Waals surface area contributed by atoms with Crippen molar-refractivity contribution in [2.24, 2.45) is 17.8 Å². The smallest absolute Gasteiger partial charge is 0.335 e. The zero-order chi connectivity index (χ0) is 78.1. The Hall–Kier alpha value is -10.0. The fraction of sp³-hybridized carbons (Fsp3) is 0.385. The maximum absolute atomic E-state index is 16.2. The van der Waals surface area contributed by atoms with E-state index in [1.165, 1.54) is 59.8 Å². The maximum Gasteiger partial charge on any atom is 0.335 e. The number of alkyl halides is 3. The minimum atomic E-state index is -4.19. The van der Waals surface area contributed by atoms with E-state index in [1.807, 2.05) is 12.1 Å². The Morgan fingerprint density at radius 3 is 1.35 bits per heavy atom. The van der Waals surface area contributed by atoms with Crippen LogP contribution in [0.25, 0.3) is 27.1 Å². The molecule has 20 nitrogen and oxygen atoms in total. The number of thiophene rings is 1. The molecule has 3 saturated heterocycles. The van der Waals surface area contributed by atoms with E-state index in [0.717, 1.165) is 79.3 Å². The van der Waals surface area contributed by atoms with Gasteiger partial charge in [0.05, 0.1) is 84.5 Å². The van der Waals surface area contributed by atoms with Crippen molar-refractivity contribution in [3.05, 3.63) is 201 Å². The van der Waals surface area contributed by atoms with Crippen molar-refractivity contribution in [1.29, 1.82) is 0 Å². The van der Waals surface area contributed by atoms with E-state index in [4.69, 9.17) is 47.0 Å². The molecule has 8 heterocycles. The molecule has 4 aliphatic rings. The highest BCUT2D eigenvalue weighted by molar-refractivity contribution is 7.19. The van der Waals surface area contributed by atoms with Crippen molar-refractivity contribution in [2.45, 2.75) is 94.1 Å². The van der Waals surface area contributed by atoms with Gasteiger partial charge in [-0.25, -0.2) is 30.7 Å². The summed E-state index contributed by atoms with van der Waals surface area (Å²) < 4.78 is 189. The summed E-state index contributed by atoms with van der Waals surface area (Å²) in [6, 6.07) is 10.6. The van der Waals surface area contributed by atoms with Gasteiger partial charge in [0.2, 0.25) is 17.7 Å². The second kappa shape index (κ2) is 34.5. The third-order valence-electron chi connectivity index (χ3n) is 19.5. The van der Waals surface area contributed by atoms with Crippen LogP contribution in [0, 0.1) is 52.7 Å². The fourth-order valence-corrected chi connectivity index (χ4v) is 14.6. The number of nitrogens with one attached hydrogen (secondary N) is 3. The van der Waals surface area contributed by atoms with Gasteiger partial charge in [-0.15, -0.1) is 11.3 Å². The van der Waals surface area contributed by atoms with E-state index in [1.54, 1.807) is 30.6 Å². The van der Waals surface area contributed by atoms with Crippen LogP contribution in [0.4, 0.5) is 39.5 Å². The molecule has 0 spiro atoms. The van der Waals surface area contributed by atoms with Gasteiger partial charge in [0.25, 0.3) is 0 Å². The van der Waals surface area contributed by atoms with E-state index >= 15 is 30.7 Å². The van der Waals surface area contributed by atoms with Crippen LogP contribution in [0.2, 0.25) is 0 Å². The molecule has 8 aromatic rings. The summed E-state index contributed by atoms with van der Waals surface area (Å²) in [5, 5.41) is 21.1. The number of nitrogens with zero attached hydrogens (tertiary/aromatic N) is 3. The van der Waals surface area contributed by atoms with Crippen LogP contribution >= 0.6 is 11.3 Å². The van der Waals surface area contributed by atoms with Crippen molar-refractivity contribution in [3.63, 3.8) is 0 Å². The van der Waals surface area contributed by atoms with Crippen LogP contribution in [-0.2, 0) is 71.5 Å². The van der Waals surface area contributed by atoms with Gasteiger partial charge in [-0.05, 0) is 129 Å². The molecule has 30 heteroatoms. The number of carbonyl (C=O) groups excluding carboxylic acids is 3. The summed E-state index contributed by atoms with van der Waals surface area (Å²) in [5.41, 5.74) is -3.18. The molecule has 1 aliphatic carbocycles. The molecular formula is C78H81F9N6O14S. The molecular weight excluding hydrogens is 1450 g/mol. The molecule has 5 aromatic heterocycles. The number of hydrogen-bond acceptors (Lipinski definition) is 18. The second-order valence-corrected chi connectivity index (χ2v) is 27.4. The third kappa shape index (κ3) is 17.3. The lowest BCUT2D eigenvalue weighted by atomic mass is 9.85. The average molecular weight is 1530 g/mol. The normalized spacial score (nSPS) is 19.4. The molecule has 108 heavy (non-hydrogen) atoms. The van der Waals surface area contributed by atoms with Crippen molar-refractivity contribution in [1.82, 2.24) is 30.9 Å². The predicted octanol–water partition coefficient (Wildman–Crippen LogP) is 13.1. The third-order valence-corrected chi connectivity index (χ3v) is 20.8. The zero-order valence-electron chi connectivity index (χ0n) is 60.3. The Morgan fingerprint density at radius 1 is 0.537 bits per heavy atom. The van der Waals surface area contributed by atoms with Gasteiger partial charge in [-0.2, -0.15) is 8.78 Å². The highest BCUT2D eigenvalue weighted by Gasteiger charge is 2.47. The van der Waals surface area contributed by atoms with Crippen LogP contribution in [0.15, 0.2) is 115 Å². The molecule has 3 aromatic carbocycles. The number of aliphatic hydroxyl groups is 1. The summed E-state index contributed by atoms with van der Waals surface area (Å²) in [6.45, 7) is 15.9. The summed E-state index contributed by atoms with van der Waals surface area (Å²) in [7, 11) is 7.08. The van der Waals surface area contributed by atoms with Gasteiger partial charge in [0, 0.05) is 114 Å². The molecule has 0 radical (unpaired) electrons. The second-order valence-electron chi connectivity index (χ2n) is 26.3. The van der Waals surface area contributed by atoms with Crippen LogP contribution in [0.3, 0.4) is 0 Å². The van der Waals surface area contributed by atoms with Crippen molar-refractivity contribution >= 4 is 56.2 Å². The number of hydrogen-bond donors (Lipinski definition) is 4. The largest absolute Gasteiger partial charge is 0.494 e. The minimum Gasteiger partial charge on any atom is -0.494 e. The van der Waals surface area contributed by atoms with Crippen LogP contribution < -0.4 is 44.4 Å². The standard InChI is InChI=1S/C27H30F2N2O5.C26H27F3N2O4S.C25H24F4N2O5/c1-5-23(32)31-20-6-7-36-14-17(20)11-19-10-15-8-18(9-16(15)13-30-19)27(2,33)24-25(28)21(34-3)12-22(35-4)26(24)29;1-5-22(32)31-17-6-7-35-13-15(17)9-16-8-14-10-21(36-20(14)12-30-16)26(2,29)23-24(27)18(33-3)11-19(34-4)25(23)28;1-4-21(32)31-16-5-6-35-12-14(16)8-15-7-13-9-20(36-19(13)11-30-15)25(28,29)22-23(26)17(33-2)10-18(34-3)24(22)27/h5,8,10,12-13,17,20,33H,1,6-7,9,11,14H2,2-4H3,(H,31,32);5,8,10-12,15,17H,1,6-7,9,13H2,2-4H3,(H,31,32);4,7,9-11,14,16H,1,5-6,8,12H2,2-3H3,(H,31,32). The summed E-state index contributed by atoms with van der Waals surface area (Å²) in [4.78, 5) is 48.8. The van der Waals surface area contributed by atoms with E-state index in [9.17, 15) is 28.3 Å². The first kappa shape index (κ1) is 80.5. The summed E-state index contributed by atoms with van der Waals surface area (Å²) in [5.74, 6) is -15.6. The number of carbonyl (C=O) groups is 3. The number of rotatable bonds is 24. The van der Waals surface area contributed by atoms with Gasteiger partial charge < -0.3 is 68.1 Å². The molecule has 8 atom stereocenters. The Labute approximate surface area is 620 Å². The number of fused-ring (bicyclic) bond motifs is 3. The lowest BCUT2D eigenvalue weighted by Gasteiger charge is -2.31. The molecule has 8 unspecified atom stereocenters. The predicted molar refractivity (Wildman–Crippen MR) is 382 cm³/mol. The molecule has 0 saturated carbocycles. The fourth-order valence-electron chi connectivity index (χ4n) is 13.6. The van der Waals surface area contributed by atoms with E-state index < -0.39 is 86.0 Å². The summed E-state index contributed by atoms with van der Waals surface area (Å²) in [6.07, 6.45) is 13.8. The number of aromatic nitrogens is 3. The quantitative estimate of drug-likeness (QED) is 0.0325. The maximum atomic E-state index is 16.2. The zero-order valence-corrected chi connectivity index (χ0v) is 61.2. The summed E-state index contributed by atoms with van der Waals surface area (Å²) >= 11 is 1.06. The number of pyridine rings is 3. The van der Waals surface area contributed by atoms with Crippen LogP contribution in [-0.4, -0.2) is 138 Å². The number of ether oxygens (including phenoxy) is 9.